The maximum atomic E-state index is 12.4. The highest BCUT2D eigenvalue weighted by molar-refractivity contribution is 6.24. The van der Waals surface area contributed by atoms with E-state index in [-0.39, 0.29) is 17.5 Å². The van der Waals surface area contributed by atoms with Crippen LogP contribution in [-0.2, 0) is 16.0 Å². The molecule has 1 N–H and O–H groups in total. The molecule has 0 saturated heterocycles. The molecule has 0 bridgehead atoms. The van der Waals surface area contributed by atoms with E-state index in [0.717, 1.165) is 17.5 Å². The van der Waals surface area contributed by atoms with E-state index in [4.69, 9.17) is 9.47 Å². The van der Waals surface area contributed by atoms with Crippen molar-refractivity contribution in [3.8, 4) is 5.75 Å². The van der Waals surface area contributed by atoms with Gasteiger partial charge >= 0.3 is 0 Å². The van der Waals surface area contributed by atoms with Gasteiger partial charge in [0.25, 0.3) is 0 Å². The molecule has 0 aromatic heterocycles. The molecule has 0 radical (unpaired) electrons. The van der Waals surface area contributed by atoms with Crippen LogP contribution >= 0.6 is 0 Å². The van der Waals surface area contributed by atoms with Crippen LogP contribution in [0.5, 0.6) is 5.75 Å². The number of aliphatic hydroxyl groups is 1. The number of carbonyl (C=O) groups is 1. The van der Waals surface area contributed by atoms with E-state index in [9.17, 15) is 9.90 Å². The van der Waals surface area contributed by atoms with Crippen LogP contribution in [0.1, 0.15) is 24.5 Å². The Morgan fingerprint density at radius 1 is 1.35 bits per heavy atom. The highest BCUT2D eigenvalue weighted by Gasteiger charge is 2.34. The van der Waals surface area contributed by atoms with Crippen LogP contribution < -0.4 is 4.74 Å². The number of aliphatic hydroxyl groups excluding tert-OH is 1. The Bertz CT molecular complexity index is 545. The van der Waals surface area contributed by atoms with Crippen molar-refractivity contribution in [3.63, 3.8) is 0 Å². The summed E-state index contributed by atoms with van der Waals surface area (Å²) in [5.74, 6) is 0.499. The summed E-state index contributed by atoms with van der Waals surface area (Å²) in [5, 5.41) is 10.2. The Balaban J connectivity index is 2.45. The molecule has 108 valence electrons. The molecule has 1 aromatic rings. The quantitative estimate of drug-likeness (QED) is 0.898. The first-order chi connectivity index (χ1) is 9.62. The summed E-state index contributed by atoms with van der Waals surface area (Å²) in [4.78, 5) is 12.4. The summed E-state index contributed by atoms with van der Waals surface area (Å²) in [6.07, 6.45) is 1.14. The average Bonchev–Trinajstić information content (AvgIpc) is 2.73. The van der Waals surface area contributed by atoms with Crippen LogP contribution in [0.15, 0.2) is 24.0 Å². The summed E-state index contributed by atoms with van der Waals surface area (Å²) in [5.41, 5.74) is 2.22. The number of hydrogen-bond acceptors (Lipinski definition) is 4. The Morgan fingerprint density at radius 2 is 2.10 bits per heavy atom. The van der Waals surface area contributed by atoms with Gasteiger partial charge in [-0.25, -0.2) is 0 Å². The Kier molecular flexibility index (Phi) is 4.45. The molecule has 4 nitrogen and oxygen atoms in total. The Morgan fingerprint density at radius 3 is 2.70 bits per heavy atom. The molecule has 1 atom stereocenters. The molecule has 0 saturated carbocycles. The maximum Gasteiger partial charge on any atom is 0.172 e. The summed E-state index contributed by atoms with van der Waals surface area (Å²) < 4.78 is 10.3. The van der Waals surface area contributed by atoms with Gasteiger partial charge in [-0.05, 0) is 29.7 Å². The molecule has 0 heterocycles. The first-order valence-corrected chi connectivity index (χ1v) is 6.74. The topological polar surface area (TPSA) is 55.8 Å². The smallest absolute Gasteiger partial charge is 0.172 e. The third kappa shape index (κ3) is 2.56. The molecule has 4 heteroatoms. The van der Waals surface area contributed by atoms with Crippen LogP contribution in [0, 0.1) is 5.92 Å². The first-order valence-electron chi connectivity index (χ1n) is 6.74. The van der Waals surface area contributed by atoms with Gasteiger partial charge in [0, 0.05) is 13.5 Å². The number of benzene rings is 1. The van der Waals surface area contributed by atoms with Crippen molar-refractivity contribution in [2.75, 3.05) is 20.8 Å². The fourth-order valence-electron chi connectivity index (χ4n) is 2.62. The molecule has 1 aliphatic carbocycles. The molecule has 0 aliphatic heterocycles. The molecule has 20 heavy (non-hydrogen) atoms. The zero-order chi connectivity index (χ0) is 14.7. The van der Waals surface area contributed by atoms with E-state index in [1.807, 2.05) is 25.1 Å². The number of allylic oxidation sites excluding steroid dienone is 2. The van der Waals surface area contributed by atoms with Gasteiger partial charge in [-0.3, -0.25) is 4.79 Å². The molecular weight excluding hydrogens is 256 g/mol. The predicted octanol–water partition coefficient (Wildman–Crippen LogP) is 2.76. The van der Waals surface area contributed by atoms with E-state index >= 15 is 0 Å². The van der Waals surface area contributed by atoms with E-state index in [2.05, 4.69) is 0 Å². The van der Waals surface area contributed by atoms with Crippen molar-refractivity contribution < 1.29 is 19.4 Å². The lowest BCUT2D eigenvalue weighted by atomic mass is 9.94. The average molecular weight is 276 g/mol. The van der Waals surface area contributed by atoms with Crippen molar-refractivity contribution in [2.24, 2.45) is 5.92 Å². The minimum atomic E-state index is -0.286. The van der Waals surface area contributed by atoms with Gasteiger partial charge in [0.1, 0.15) is 11.5 Å². The van der Waals surface area contributed by atoms with Crippen molar-refractivity contribution in [2.45, 2.75) is 19.8 Å². The monoisotopic (exact) mass is 276 g/mol. The van der Waals surface area contributed by atoms with Crippen molar-refractivity contribution in [1.82, 2.24) is 0 Å². The number of carbonyl (C=O) groups excluding carboxylic acids is 1. The van der Waals surface area contributed by atoms with Crippen LogP contribution in [0.25, 0.3) is 5.57 Å². The van der Waals surface area contributed by atoms with E-state index in [1.165, 1.54) is 0 Å². The molecule has 0 amide bonds. The fraction of sp³-hybridized carbons (Fsp3) is 0.438. The summed E-state index contributed by atoms with van der Waals surface area (Å²) in [6, 6.07) is 5.62. The number of ketones is 1. The van der Waals surface area contributed by atoms with E-state index in [0.29, 0.717) is 24.4 Å². The zero-order valence-corrected chi connectivity index (χ0v) is 12.1. The summed E-state index contributed by atoms with van der Waals surface area (Å²) >= 11 is 0. The zero-order valence-electron chi connectivity index (χ0n) is 12.1. The highest BCUT2D eigenvalue weighted by Crippen LogP contribution is 2.36. The molecule has 1 unspecified atom stereocenters. The minimum absolute atomic E-state index is 0.0488. The van der Waals surface area contributed by atoms with Crippen molar-refractivity contribution in [3.05, 3.63) is 35.1 Å². The molecule has 1 aliphatic rings. The van der Waals surface area contributed by atoms with Crippen LogP contribution in [0.4, 0.5) is 0 Å². The SMILES string of the molecule is CCc1ccc(OC)cc1C1=C(O)CC(COC)C1=O. The Hall–Kier alpha value is -1.81. The number of rotatable bonds is 5. The van der Waals surface area contributed by atoms with Gasteiger partial charge in [-0.1, -0.05) is 13.0 Å². The normalized spacial score (nSPS) is 18.8. The van der Waals surface area contributed by atoms with Crippen LogP contribution in [0.2, 0.25) is 0 Å². The number of hydrogen-bond donors (Lipinski definition) is 1. The standard InChI is InChI=1S/C16H20O4/c1-4-10-5-6-12(20-3)8-13(10)15-14(17)7-11(9-19-2)16(15)18/h5-6,8,11,17H,4,7,9H2,1-3H3. The maximum absolute atomic E-state index is 12.4. The number of aryl methyl sites for hydroxylation is 1. The van der Waals surface area contributed by atoms with Gasteiger partial charge in [0.15, 0.2) is 5.78 Å². The fourth-order valence-corrected chi connectivity index (χ4v) is 2.62. The molecule has 0 fully saturated rings. The third-order valence-corrected chi connectivity index (χ3v) is 3.68. The van der Waals surface area contributed by atoms with Gasteiger partial charge in [0.05, 0.1) is 25.2 Å². The first kappa shape index (κ1) is 14.6. The predicted molar refractivity (Wildman–Crippen MR) is 76.9 cm³/mol. The molecular formula is C16H20O4. The van der Waals surface area contributed by atoms with Gasteiger partial charge < -0.3 is 14.6 Å². The van der Waals surface area contributed by atoms with Gasteiger partial charge in [0.2, 0.25) is 0 Å². The molecule has 2 rings (SSSR count). The highest BCUT2D eigenvalue weighted by atomic mass is 16.5. The van der Waals surface area contributed by atoms with Crippen LogP contribution in [0.3, 0.4) is 0 Å². The summed E-state index contributed by atoms with van der Waals surface area (Å²) in [7, 11) is 3.15. The van der Waals surface area contributed by atoms with Crippen molar-refractivity contribution >= 4 is 11.4 Å². The lowest BCUT2D eigenvalue weighted by Crippen LogP contribution is -2.15. The number of methoxy groups -OCH3 is 2. The van der Waals surface area contributed by atoms with E-state index < -0.39 is 0 Å². The molecule has 1 aromatic carbocycles. The lowest BCUT2D eigenvalue weighted by molar-refractivity contribution is -0.118. The van der Waals surface area contributed by atoms with Crippen LogP contribution in [-0.4, -0.2) is 31.7 Å². The number of Topliss-reactive ketones (excluding diaryl/α,β-unsaturated/α-hetero) is 1. The van der Waals surface area contributed by atoms with Gasteiger partial charge in [-0.15, -0.1) is 0 Å². The Labute approximate surface area is 119 Å². The second-order valence-electron chi connectivity index (χ2n) is 4.92. The van der Waals surface area contributed by atoms with E-state index in [1.54, 1.807) is 14.2 Å². The molecule has 0 spiro atoms. The second kappa shape index (κ2) is 6.09. The van der Waals surface area contributed by atoms with Gasteiger partial charge in [-0.2, -0.15) is 0 Å². The third-order valence-electron chi connectivity index (χ3n) is 3.68. The number of ether oxygens (including phenoxy) is 2. The lowest BCUT2D eigenvalue weighted by Gasteiger charge is -2.12. The second-order valence-corrected chi connectivity index (χ2v) is 4.92. The largest absolute Gasteiger partial charge is 0.512 e. The summed E-state index contributed by atoms with van der Waals surface area (Å²) in [6.45, 7) is 2.35. The van der Waals surface area contributed by atoms with Crippen molar-refractivity contribution in [1.29, 1.82) is 0 Å². The minimum Gasteiger partial charge on any atom is -0.512 e.